The SMILES string of the molecule is CCc1ccc(OC)c(S(=O)(=O)N(C)C)c1. The zero-order chi connectivity index (χ0) is 12.3. The predicted molar refractivity (Wildman–Crippen MR) is 63.2 cm³/mol. The van der Waals surface area contributed by atoms with Crippen molar-refractivity contribution in [2.45, 2.75) is 18.2 Å². The number of aryl methyl sites for hydroxylation is 1. The molecule has 0 spiro atoms. The average molecular weight is 243 g/mol. The van der Waals surface area contributed by atoms with E-state index >= 15 is 0 Å². The third-order valence-electron chi connectivity index (χ3n) is 2.39. The van der Waals surface area contributed by atoms with Crippen molar-refractivity contribution in [2.24, 2.45) is 0 Å². The second-order valence-corrected chi connectivity index (χ2v) is 5.75. The van der Waals surface area contributed by atoms with Gasteiger partial charge in [0.2, 0.25) is 10.0 Å². The topological polar surface area (TPSA) is 46.6 Å². The molecule has 0 unspecified atom stereocenters. The molecule has 5 heteroatoms. The molecule has 0 aliphatic rings. The molecule has 0 saturated heterocycles. The zero-order valence-electron chi connectivity index (χ0n) is 10.0. The number of hydrogen-bond donors (Lipinski definition) is 0. The fourth-order valence-corrected chi connectivity index (χ4v) is 2.44. The van der Waals surface area contributed by atoms with Crippen LogP contribution in [0.5, 0.6) is 5.75 Å². The number of benzene rings is 1. The molecule has 0 bridgehead atoms. The maximum absolute atomic E-state index is 12.0. The van der Waals surface area contributed by atoms with Crippen molar-refractivity contribution >= 4 is 10.0 Å². The molecule has 0 aliphatic heterocycles. The number of hydrogen-bond acceptors (Lipinski definition) is 3. The molecule has 1 rings (SSSR count). The Morgan fingerprint density at radius 3 is 2.38 bits per heavy atom. The molecular formula is C11H17NO3S. The third-order valence-corrected chi connectivity index (χ3v) is 4.23. The first-order chi connectivity index (χ1) is 7.43. The second kappa shape index (κ2) is 4.84. The van der Waals surface area contributed by atoms with Gasteiger partial charge in [-0.3, -0.25) is 0 Å². The standard InChI is InChI=1S/C11H17NO3S/c1-5-9-6-7-10(15-4)11(8-9)16(13,14)12(2)3/h6-8H,5H2,1-4H3. The summed E-state index contributed by atoms with van der Waals surface area (Å²) in [5.41, 5.74) is 0.973. The van der Waals surface area contributed by atoms with Crippen LogP contribution >= 0.6 is 0 Å². The monoisotopic (exact) mass is 243 g/mol. The Morgan fingerprint density at radius 1 is 1.31 bits per heavy atom. The molecule has 1 aromatic rings. The van der Waals surface area contributed by atoms with Gasteiger partial charge in [0, 0.05) is 14.1 Å². The van der Waals surface area contributed by atoms with E-state index in [2.05, 4.69) is 0 Å². The Bertz CT molecular complexity index is 466. The fourth-order valence-electron chi connectivity index (χ4n) is 1.34. The zero-order valence-corrected chi connectivity index (χ0v) is 10.8. The van der Waals surface area contributed by atoms with Crippen LogP contribution in [0.1, 0.15) is 12.5 Å². The van der Waals surface area contributed by atoms with E-state index in [0.717, 1.165) is 12.0 Å². The number of rotatable bonds is 4. The van der Waals surface area contributed by atoms with Gasteiger partial charge in [-0.15, -0.1) is 0 Å². The molecule has 0 aromatic heterocycles. The van der Waals surface area contributed by atoms with Gasteiger partial charge >= 0.3 is 0 Å². The fraction of sp³-hybridized carbons (Fsp3) is 0.455. The molecule has 0 heterocycles. The number of sulfonamides is 1. The van der Waals surface area contributed by atoms with Crippen molar-refractivity contribution in [3.8, 4) is 5.75 Å². The first-order valence-corrected chi connectivity index (χ1v) is 6.47. The minimum atomic E-state index is -3.44. The van der Waals surface area contributed by atoms with E-state index in [1.165, 1.54) is 25.5 Å². The smallest absolute Gasteiger partial charge is 0.246 e. The van der Waals surface area contributed by atoms with Crippen LogP contribution in [-0.2, 0) is 16.4 Å². The normalized spacial score (nSPS) is 11.8. The van der Waals surface area contributed by atoms with Crippen LogP contribution < -0.4 is 4.74 Å². The molecule has 16 heavy (non-hydrogen) atoms. The van der Waals surface area contributed by atoms with Crippen LogP contribution in [0.3, 0.4) is 0 Å². The molecule has 0 amide bonds. The van der Waals surface area contributed by atoms with Gasteiger partial charge in [-0.25, -0.2) is 12.7 Å². The highest BCUT2D eigenvalue weighted by Gasteiger charge is 2.22. The van der Waals surface area contributed by atoms with E-state index in [0.29, 0.717) is 5.75 Å². The Kier molecular flexibility index (Phi) is 3.93. The number of ether oxygens (including phenoxy) is 1. The van der Waals surface area contributed by atoms with Crippen molar-refractivity contribution in [1.29, 1.82) is 0 Å². The lowest BCUT2D eigenvalue weighted by atomic mass is 10.2. The molecule has 0 N–H and O–H groups in total. The summed E-state index contributed by atoms with van der Waals surface area (Å²) in [4.78, 5) is 0.222. The highest BCUT2D eigenvalue weighted by molar-refractivity contribution is 7.89. The molecule has 0 aliphatic carbocycles. The largest absolute Gasteiger partial charge is 0.495 e. The molecule has 1 aromatic carbocycles. The molecule has 4 nitrogen and oxygen atoms in total. The van der Waals surface area contributed by atoms with Crippen LogP contribution in [0.4, 0.5) is 0 Å². The van der Waals surface area contributed by atoms with Crippen molar-refractivity contribution in [3.05, 3.63) is 23.8 Å². The van der Waals surface area contributed by atoms with Crippen LogP contribution in [0.2, 0.25) is 0 Å². The molecule has 90 valence electrons. The summed E-state index contributed by atoms with van der Waals surface area (Å²) in [7, 11) is 1.04. The van der Waals surface area contributed by atoms with Gasteiger partial charge in [0.25, 0.3) is 0 Å². The Hall–Kier alpha value is -1.07. The highest BCUT2D eigenvalue weighted by Crippen LogP contribution is 2.26. The summed E-state index contributed by atoms with van der Waals surface area (Å²) in [5.74, 6) is 0.380. The molecular weight excluding hydrogens is 226 g/mol. The first kappa shape index (κ1) is 13.0. The lowest BCUT2D eigenvalue weighted by Crippen LogP contribution is -2.22. The van der Waals surface area contributed by atoms with E-state index in [4.69, 9.17) is 4.74 Å². The van der Waals surface area contributed by atoms with E-state index in [-0.39, 0.29) is 4.90 Å². The third kappa shape index (κ3) is 2.36. The maximum Gasteiger partial charge on any atom is 0.246 e. The van der Waals surface area contributed by atoms with Crippen LogP contribution in [0.25, 0.3) is 0 Å². The summed E-state index contributed by atoms with van der Waals surface area (Å²) >= 11 is 0. The van der Waals surface area contributed by atoms with Crippen LogP contribution in [0, 0.1) is 0 Å². The molecule has 0 saturated carbocycles. The summed E-state index contributed by atoms with van der Waals surface area (Å²) in [5, 5.41) is 0. The Morgan fingerprint density at radius 2 is 1.94 bits per heavy atom. The molecule has 0 atom stereocenters. The Balaban J connectivity index is 3.41. The van der Waals surface area contributed by atoms with Crippen LogP contribution in [0.15, 0.2) is 23.1 Å². The van der Waals surface area contributed by atoms with E-state index in [1.54, 1.807) is 12.1 Å². The summed E-state index contributed by atoms with van der Waals surface area (Å²) in [6.07, 6.45) is 0.792. The van der Waals surface area contributed by atoms with Gasteiger partial charge in [0.15, 0.2) is 0 Å². The predicted octanol–water partition coefficient (Wildman–Crippen LogP) is 1.51. The minimum Gasteiger partial charge on any atom is -0.495 e. The first-order valence-electron chi connectivity index (χ1n) is 5.03. The summed E-state index contributed by atoms with van der Waals surface area (Å²) < 4.78 is 30.3. The van der Waals surface area contributed by atoms with Crippen molar-refractivity contribution in [3.63, 3.8) is 0 Å². The van der Waals surface area contributed by atoms with Crippen molar-refractivity contribution in [2.75, 3.05) is 21.2 Å². The number of methoxy groups -OCH3 is 1. The lowest BCUT2D eigenvalue weighted by molar-refractivity contribution is 0.400. The maximum atomic E-state index is 12.0. The quantitative estimate of drug-likeness (QED) is 0.805. The van der Waals surface area contributed by atoms with E-state index in [9.17, 15) is 8.42 Å². The Labute approximate surface area is 96.9 Å². The van der Waals surface area contributed by atoms with E-state index in [1.807, 2.05) is 13.0 Å². The lowest BCUT2D eigenvalue weighted by Gasteiger charge is -2.15. The van der Waals surface area contributed by atoms with Crippen LogP contribution in [-0.4, -0.2) is 33.9 Å². The molecule has 0 fully saturated rings. The highest BCUT2D eigenvalue weighted by atomic mass is 32.2. The van der Waals surface area contributed by atoms with Gasteiger partial charge < -0.3 is 4.74 Å². The van der Waals surface area contributed by atoms with Crippen molar-refractivity contribution in [1.82, 2.24) is 4.31 Å². The molecule has 0 radical (unpaired) electrons. The second-order valence-electron chi connectivity index (χ2n) is 3.63. The van der Waals surface area contributed by atoms with Gasteiger partial charge in [0.1, 0.15) is 10.6 Å². The average Bonchev–Trinajstić information content (AvgIpc) is 2.27. The van der Waals surface area contributed by atoms with Crippen molar-refractivity contribution < 1.29 is 13.2 Å². The summed E-state index contributed by atoms with van der Waals surface area (Å²) in [6, 6.07) is 5.22. The number of nitrogens with zero attached hydrogens (tertiary/aromatic N) is 1. The van der Waals surface area contributed by atoms with Gasteiger partial charge in [-0.05, 0) is 24.1 Å². The van der Waals surface area contributed by atoms with Gasteiger partial charge in [-0.2, -0.15) is 0 Å². The summed E-state index contributed by atoms with van der Waals surface area (Å²) in [6.45, 7) is 1.98. The van der Waals surface area contributed by atoms with Gasteiger partial charge in [-0.1, -0.05) is 13.0 Å². The minimum absolute atomic E-state index is 0.222. The van der Waals surface area contributed by atoms with Gasteiger partial charge in [0.05, 0.1) is 7.11 Å². The van der Waals surface area contributed by atoms with E-state index < -0.39 is 10.0 Å².